The molecule has 2 aromatic rings. The number of fused-ring (bicyclic) bond motifs is 5. The molecule has 0 radical (unpaired) electrons. The molecule has 186 valence electrons. The molecule has 4 aliphatic rings. The van der Waals surface area contributed by atoms with Gasteiger partial charge in [0.15, 0.2) is 0 Å². The highest BCUT2D eigenvalue weighted by atomic mass is 32.2. The average Bonchev–Trinajstić information content (AvgIpc) is 3.17. The van der Waals surface area contributed by atoms with Crippen LogP contribution in [0.3, 0.4) is 0 Å². The highest BCUT2D eigenvalue weighted by Crippen LogP contribution is 2.45. The predicted molar refractivity (Wildman–Crippen MR) is 133 cm³/mol. The monoisotopic (exact) mass is 499 g/mol. The molecule has 11 heteroatoms. The van der Waals surface area contributed by atoms with Crippen LogP contribution in [0.2, 0.25) is 0 Å². The van der Waals surface area contributed by atoms with E-state index in [2.05, 4.69) is 9.82 Å². The first kappa shape index (κ1) is 20.3. The molecule has 2 aliphatic heterocycles. The minimum atomic E-state index is -3.95. The summed E-state index contributed by atoms with van der Waals surface area (Å²) in [5, 5.41) is 4.10. The van der Waals surface area contributed by atoms with Crippen molar-refractivity contribution in [2.24, 2.45) is 12.0 Å². The Kier molecular flexibility index (Phi) is 4.37. The Labute approximate surface area is 208 Å². The van der Waals surface area contributed by atoms with Crippen LogP contribution in [0.4, 0.5) is 11.4 Å². The Morgan fingerprint density at radius 1 is 1.29 bits per heavy atom. The van der Waals surface area contributed by atoms with Crippen LogP contribution < -0.4 is 14.5 Å². The lowest BCUT2D eigenvalue weighted by atomic mass is 10.0. The van der Waals surface area contributed by atoms with Crippen molar-refractivity contribution in [1.82, 2.24) is 19.4 Å². The molecule has 3 heterocycles. The lowest BCUT2D eigenvalue weighted by Gasteiger charge is -2.39. The van der Waals surface area contributed by atoms with Crippen LogP contribution in [0.1, 0.15) is 57.7 Å². The first-order chi connectivity index (χ1) is 17.3. The van der Waals surface area contributed by atoms with Gasteiger partial charge in [-0.25, -0.2) is 18.1 Å². The van der Waals surface area contributed by atoms with E-state index in [0.29, 0.717) is 11.4 Å². The number of guanidine groups is 1. The van der Waals surface area contributed by atoms with Gasteiger partial charge in [-0.2, -0.15) is 5.10 Å². The molecule has 0 spiro atoms. The number of sulfonamides is 1. The molecule has 0 bridgehead atoms. The molecule has 10 nitrogen and oxygen atoms in total. The van der Waals surface area contributed by atoms with Gasteiger partial charge < -0.3 is 9.80 Å². The van der Waals surface area contributed by atoms with Crippen molar-refractivity contribution in [2.75, 3.05) is 23.9 Å². The number of hydrogen-bond donors (Lipinski definition) is 1. The largest absolute Gasteiger partial charge is 0.377 e. The first-order valence-electron chi connectivity index (χ1n) is 12.9. The normalized spacial score (nSPS) is 25.5. The molecule has 6 rings (SSSR count). The van der Waals surface area contributed by atoms with Crippen LogP contribution in [-0.4, -0.2) is 66.7 Å². The summed E-state index contributed by atoms with van der Waals surface area (Å²) in [4.78, 5) is 23.7. The maximum atomic E-state index is 14.1. The summed E-state index contributed by atoms with van der Waals surface area (Å²) in [6.07, 6.45) is 7.13. The molecule has 0 saturated heterocycles. The van der Waals surface area contributed by atoms with Crippen LogP contribution >= 0.6 is 0 Å². The van der Waals surface area contributed by atoms with Gasteiger partial charge in [-0.3, -0.25) is 14.4 Å². The second-order valence-electron chi connectivity index (χ2n) is 10.4. The van der Waals surface area contributed by atoms with Gasteiger partial charge in [0.2, 0.25) is 16.0 Å². The summed E-state index contributed by atoms with van der Waals surface area (Å²) >= 11 is 0. The fourth-order valence-corrected chi connectivity index (χ4v) is 7.02. The van der Waals surface area contributed by atoms with E-state index < -0.39 is 28.0 Å². The van der Waals surface area contributed by atoms with E-state index in [0.717, 1.165) is 37.0 Å². The van der Waals surface area contributed by atoms with Gasteiger partial charge in [0.25, 0.3) is 5.91 Å². The number of hydrogen-bond acceptors (Lipinski definition) is 7. The third kappa shape index (κ3) is 3.63. The Hall–Kier alpha value is -2.92. The summed E-state index contributed by atoms with van der Waals surface area (Å²) in [7, 11) is 1.28. The Balaban J connectivity index is 1.55. The summed E-state index contributed by atoms with van der Waals surface area (Å²) in [5.41, 5.74) is 0.904. The molecule has 1 amide bonds. The number of aliphatic imine (C=N–C) groups is 1. The van der Waals surface area contributed by atoms with Crippen LogP contribution in [0.5, 0.6) is 0 Å². The quantitative estimate of drug-likeness (QED) is 0.653. The number of carbonyl (C=O) groups excluding carboxylic acids is 1. The molecule has 0 unspecified atom stereocenters. The SMILES string of the molecule is [2H]C([2H])(c1cnn(C)c1)N1C(=O)c2cc(S(=O)(=O)NC3(C)CC3)c(N(C)C)cc2N2C1=N[C@H]1CCC[C@H]12. The maximum absolute atomic E-state index is 14.1. The lowest BCUT2D eigenvalue weighted by molar-refractivity contribution is 0.0832. The van der Waals surface area contributed by atoms with E-state index in [-0.39, 0.29) is 34.1 Å². The number of anilines is 2. The molecule has 2 atom stereocenters. The molecular formula is C24H31N7O3S. The molecule has 2 fully saturated rings. The van der Waals surface area contributed by atoms with Crippen LogP contribution in [0.25, 0.3) is 0 Å². The van der Waals surface area contributed by atoms with E-state index in [1.54, 1.807) is 32.1 Å². The third-order valence-electron chi connectivity index (χ3n) is 7.34. The fraction of sp³-hybridized carbons (Fsp3) is 0.542. The average molecular weight is 500 g/mol. The van der Waals surface area contributed by atoms with E-state index in [4.69, 9.17) is 7.73 Å². The van der Waals surface area contributed by atoms with E-state index >= 15 is 0 Å². The number of carbonyl (C=O) groups is 1. The van der Waals surface area contributed by atoms with Crippen molar-refractivity contribution in [3.63, 3.8) is 0 Å². The number of rotatable bonds is 6. The molecule has 2 saturated carbocycles. The zero-order valence-corrected chi connectivity index (χ0v) is 21.1. The van der Waals surface area contributed by atoms with Crippen LogP contribution in [0.15, 0.2) is 34.4 Å². The summed E-state index contributed by atoms with van der Waals surface area (Å²) in [6, 6.07) is 3.08. The van der Waals surface area contributed by atoms with Gasteiger partial charge in [-0.15, -0.1) is 0 Å². The van der Waals surface area contributed by atoms with Gasteiger partial charge in [0, 0.05) is 38.4 Å². The number of aryl methyl sites for hydroxylation is 1. The number of aromatic nitrogens is 2. The second-order valence-corrected chi connectivity index (χ2v) is 12.1. The molecule has 2 aliphatic carbocycles. The fourth-order valence-electron chi connectivity index (χ4n) is 5.27. The van der Waals surface area contributed by atoms with Gasteiger partial charge in [-0.1, -0.05) is 0 Å². The third-order valence-corrected chi connectivity index (χ3v) is 9.01. The molecule has 1 N–H and O–H groups in total. The van der Waals surface area contributed by atoms with Gasteiger partial charge >= 0.3 is 0 Å². The molecule has 1 aromatic heterocycles. The maximum Gasteiger partial charge on any atom is 0.263 e. The Morgan fingerprint density at radius 3 is 2.71 bits per heavy atom. The molecule has 35 heavy (non-hydrogen) atoms. The van der Waals surface area contributed by atoms with Crippen molar-refractivity contribution in [1.29, 1.82) is 0 Å². The van der Waals surface area contributed by atoms with Crippen molar-refractivity contribution in [3.05, 3.63) is 35.7 Å². The van der Waals surface area contributed by atoms with Crippen molar-refractivity contribution in [2.45, 2.75) is 68.0 Å². The topological polar surface area (TPSA) is 103 Å². The molecule has 1 aromatic carbocycles. The Bertz CT molecular complexity index is 1450. The predicted octanol–water partition coefficient (Wildman–Crippen LogP) is 2.07. The van der Waals surface area contributed by atoms with Gasteiger partial charge in [0.05, 0.1) is 44.5 Å². The number of benzene rings is 1. The molecular weight excluding hydrogens is 466 g/mol. The highest BCUT2D eigenvalue weighted by Gasteiger charge is 2.49. The zero-order chi connectivity index (χ0) is 26.5. The number of nitrogens with one attached hydrogen (secondary N) is 1. The Morgan fingerprint density at radius 2 is 2.06 bits per heavy atom. The van der Waals surface area contributed by atoms with Crippen LogP contribution in [-0.2, 0) is 23.6 Å². The van der Waals surface area contributed by atoms with E-state index in [9.17, 15) is 13.2 Å². The van der Waals surface area contributed by atoms with Crippen molar-refractivity contribution in [3.8, 4) is 0 Å². The van der Waals surface area contributed by atoms with Gasteiger partial charge in [-0.05, 0) is 51.2 Å². The summed E-state index contributed by atoms with van der Waals surface area (Å²) in [5.74, 6) is -0.358. The minimum absolute atomic E-state index is 0.00201. The van der Waals surface area contributed by atoms with Gasteiger partial charge in [0.1, 0.15) is 4.90 Å². The van der Waals surface area contributed by atoms with E-state index in [1.165, 1.54) is 23.1 Å². The van der Waals surface area contributed by atoms with Crippen molar-refractivity contribution >= 4 is 33.3 Å². The summed E-state index contributed by atoms with van der Waals surface area (Å²) < 4.78 is 49.3. The highest BCUT2D eigenvalue weighted by molar-refractivity contribution is 7.89. The zero-order valence-electron chi connectivity index (χ0n) is 22.3. The first-order valence-corrected chi connectivity index (χ1v) is 13.4. The van der Waals surface area contributed by atoms with Crippen LogP contribution in [0, 0.1) is 0 Å². The lowest BCUT2D eigenvalue weighted by Crippen LogP contribution is -2.52. The standard InChI is InChI=1S/C24H31N7O3S/c1-24(8-9-24)27-35(33,34)21-10-16-19(11-20(21)28(2)3)31-18-7-5-6-17(18)26-23(31)30(22(16)32)14-15-12-25-29(4)13-15/h10-13,17-18,27H,5-9,14H2,1-4H3/t17-,18+/m0/s1/i14D2. The number of amides is 1. The minimum Gasteiger partial charge on any atom is -0.377 e. The van der Waals surface area contributed by atoms with Crippen molar-refractivity contribution < 1.29 is 16.0 Å². The second kappa shape index (κ2) is 7.54. The smallest absolute Gasteiger partial charge is 0.263 e. The summed E-state index contributed by atoms with van der Waals surface area (Å²) in [6.45, 7) is -0.390. The van der Waals surface area contributed by atoms with E-state index in [1.807, 2.05) is 11.8 Å². The number of nitrogens with zero attached hydrogens (tertiary/aromatic N) is 6.